The van der Waals surface area contributed by atoms with Crippen LogP contribution in [0, 0.1) is 0 Å². The fraction of sp³-hybridized carbons (Fsp3) is 0.421. The van der Waals surface area contributed by atoms with Gasteiger partial charge in [0.1, 0.15) is 0 Å². The number of hydrogen-bond donors (Lipinski definition) is 2. The fourth-order valence-electron chi connectivity index (χ4n) is 2.82. The Kier molecular flexibility index (Phi) is 5.82. The summed E-state index contributed by atoms with van der Waals surface area (Å²) in [6.07, 6.45) is 2.21. The number of carboxylic acid groups (broad SMARTS) is 1. The van der Waals surface area contributed by atoms with Crippen molar-refractivity contribution in [2.75, 3.05) is 12.4 Å². The Hall–Kier alpha value is -2.67. The zero-order chi connectivity index (χ0) is 19.5. The van der Waals surface area contributed by atoms with E-state index in [1.807, 2.05) is 32.4 Å². The van der Waals surface area contributed by atoms with E-state index in [9.17, 15) is 14.7 Å². The third-order valence-electron chi connectivity index (χ3n) is 3.89. The van der Waals surface area contributed by atoms with Gasteiger partial charge in [0.15, 0.2) is 0 Å². The topological polar surface area (TPSA) is 93.4 Å². The number of ether oxygens (including phenoxy) is 1. The normalized spacial score (nSPS) is 11.4. The predicted octanol–water partition coefficient (Wildman–Crippen LogP) is 3.30. The molecule has 7 heteroatoms. The lowest BCUT2D eigenvalue weighted by molar-refractivity contribution is 0.0696. The van der Waals surface area contributed by atoms with E-state index in [4.69, 9.17) is 4.74 Å². The maximum Gasteiger partial charge on any atom is 0.335 e. The lowest BCUT2D eigenvalue weighted by Crippen LogP contribution is -2.26. The summed E-state index contributed by atoms with van der Waals surface area (Å²) in [6.45, 7) is 8.29. The average molecular weight is 359 g/mol. The van der Waals surface area contributed by atoms with Crippen molar-refractivity contribution in [1.82, 2.24) is 9.78 Å². The summed E-state index contributed by atoms with van der Waals surface area (Å²) in [7, 11) is 1.53. The molecule has 0 spiro atoms. The van der Waals surface area contributed by atoms with Crippen molar-refractivity contribution < 1.29 is 19.4 Å². The number of carbonyl (C=O) groups is 2. The summed E-state index contributed by atoms with van der Waals surface area (Å²) in [5.41, 5.74) is 2.25. The van der Waals surface area contributed by atoms with E-state index < -0.39 is 5.97 Å². The van der Waals surface area contributed by atoms with Gasteiger partial charge in [0.05, 0.1) is 35.2 Å². The molecule has 0 unspecified atom stereocenters. The minimum atomic E-state index is -1.06. The van der Waals surface area contributed by atoms with Crippen LogP contribution in [-0.4, -0.2) is 33.9 Å². The molecule has 1 aromatic carbocycles. The molecule has 0 saturated heterocycles. The molecule has 2 aromatic rings. The minimum Gasteiger partial charge on any atom is -0.478 e. The summed E-state index contributed by atoms with van der Waals surface area (Å²) >= 11 is 0. The van der Waals surface area contributed by atoms with E-state index in [-0.39, 0.29) is 23.6 Å². The number of carboxylic acids is 1. The molecule has 0 atom stereocenters. The van der Waals surface area contributed by atoms with Crippen LogP contribution in [0.5, 0.6) is 0 Å². The Labute approximate surface area is 153 Å². The van der Waals surface area contributed by atoms with Crippen molar-refractivity contribution in [3.05, 3.63) is 46.8 Å². The molecule has 26 heavy (non-hydrogen) atoms. The molecule has 0 fully saturated rings. The Morgan fingerprint density at radius 1 is 1.27 bits per heavy atom. The summed E-state index contributed by atoms with van der Waals surface area (Å²) in [6, 6.07) is 4.66. The zero-order valence-corrected chi connectivity index (χ0v) is 15.8. The van der Waals surface area contributed by atoms with E-state index in [0.29, 0.717) is 23.2 Å². The van der Waals surface area contributed by atoms with E-state index in [0.717, 1.165) is 5.69 Å². The summed E-state index contributed by atoms with van der Waals surface area (Å²) in [5.74, 6) is -1.38. The SMILES string of the molecule is CCc1c(C(=O)Nc2cc(COC)cc(C(=O)O)c2)cnn1C(C)(C)C. The lowest BCUT2D eigenvalue weighted by Gasteiger charge is -2.22. The third kappa shape index (κ3) is 4.29. The van der Waals surface area contributed by atoms with Gasteiger partial charge < -0.3 is 15.2 Å². The van der Waals surface area contributed by atoms with Gasteiger partial charge in [-0.2, -0.15) is 5.10 Å². The van der Waals surface area contributed by atoms with Crippen LogP contribution in [0.2, 0.25) is 0 Å². The first-order valence-corrected chi connectivity index (χ1v) is 8.42. The van der Waals surface area contributed by atoms with Gasteiger partial charge in [-0.3, -0.25) is 9.48 Å². The number of amides is 1. The molecule has 1 amide bonds. The second kappa shape index (κ2) is 7.70. The van der Waals surface area contributed by atoms with Crippen molar-refractivity contribution in [3.63, 3.8) is 0 Å². The number of carbonyl (C=O) groups excluding carboxylic acids is 1. The number of nitrogens with zero attached hydrogens (tertiary/aromatic N) is 2. The number of anilines is 1. The lowest BCUT2D eigenvalue weighted by atomic mass is 10.1. The second-order valence-corrected chi connectivity index (χ2v) is 7.05. The minimum absolute atomic E-state index is 0.0935. The quantitative estimate of drug-likeness (QED) is 0.825. The second-order valence-electron chi connectivity index (χ2n) is 7.05. The molecule has 2 rings (SSSR count). The Bertz CT molecular complexity index is 819. The van der Waals surface area contributed by atoms with E-state index in [1.165, 1.54) is 19.2 Å². The van der Waals surface area contributed by atoms with Gasteiger partial charge >= 0.3 is 5.97 Å². The van der Waals surface area contributed by atoms with Crippen LogP contribution in [0.1, 0.15) is 59.7 Å². The molecule has 140 valence electrons. The maximum atomic E-state index is 12.7. The van der Waals surface area contributed by atoms with Crippen molar-refractivity contribution in [2.45, 2.75) is 46.3 Å². The van der Waals surface area contributed by atoms with Crippen molar-refractivity contribution in [3.8, 4) is 0 Å². The highest BCUT2D eigenvalue weighted by atomic mass is 16.5. The highest BCUT2D eigenvalue weighted by Crippen LogP contribution is 2.22. The number of hydrogen-bond acceptors (Lipinski definition) is 4. The van der Waals surface area contributed by atoms with Crippen molar-refractivity contribution >= 4 is 17.6 Å². The number of methoxy groups -OCH3 is 1. The number of aromatic carboxylic acids is 1. The van der Waals surface area contributed by atoms with Crippen LogP contribution in [0.25, 0.3) is 0 Å². The van der Waals surface area contributed by atoms with Gasteiger partial charge in [-0.25, -0.2) is 4.79 Å². The molecule has 0 radical (unpaired) electrons. The molecule has 0 aliphatic rings. The smallest absolute Gasteiger partial charge is 0.335 e. The van der Waals surface area contributed by atoms with E-state index in [2.05, 4.69) is 10.4 Å². The van der Waals surface area contributed by atoms with Gasteiger partial charge in [0.25, 0.3) is 5.91 Å². The molecular weight excluding hydrogens is 334 g/mol. The van der Waals surface area contributed by atoms with Crippen molar-refractivity contribution in [1.29, 1.82) is 0 Å². The Balaban J connectivity index is 2.36. The molecule has 0 saturated carbocycles. The largest absolute Gasteiger partial charge is 0.478 e. The Morgan fingerprint density at radius 3 is 2.50 bits per heavy atom. The Morgan fingerprint density at radius 2 is 1.96 bits per heavy atom. The average Bonchev–Trinajstić information content (AvgIpc) is 2.99. The number of benzene rings is 1. The number of aromatic nitrogens is 2. The van der Waals surface area contributed by atoms with Gasteiger partial charge in [-0.15, -0.1) is 0 Å². The maximum absolute atomic E-state index is 12.7. The molecule has 0 aliphatic heterocycles. The molecule has 7 nitrogen and oxygen atoms in total. The van der Waals surface area contributed by atoms with E-state index >= 15 is 0 Å². The highest BCUT2D eigenvalue weighted by molar-refractivity contribution is 6.05. The van der Waals surface area contributed by atoms with Crippen LogP contribution in [0.4, 0.5) is 5.69 Å². The van der Waals surface area contributed by atoms with Gasteiger partial charge in [0, 0.05) is 12.8 Å². The van der Waals surface area contributed by atoms with Crippen LogP contribution in [0.15, 0.2) is 24.4 Å². The molecule has 1 aromatic heterocycles. The molecule has 0 aliphatic carbocycles. The van der Waals surface area contributed by atoms with Crippen LogP contribution >= 0.6 is 0 Å². The predicted molar refractivity (Wildman–Crippen MR) is 98.7 cm³/mol. The number of rotatable bonds is 6. The summed E-state index contributed by atoms with van der Waals surface area (Å²) < 4.78 is 6.90. The van der Waals surface area contributed by atoms with Gasteiger partial charge in [-0.1, -0.05) is 6.92 Å². The third-order valence-corrected chi connectivity index (χ3v) is 3.89. The van der Waals surface area contributed by atoms with Crippen molar-refractivity contribution in [2.24, 2.45) is 0 Å². The van der Waals surface area contributed by atoms with Gasteiger partial charge in [-0.05, 0) is 51.0 Å². The summed E-state index contributed by atoms with van der Waals surface area (Å²) in [4.78, 5) is 24.1. The van der Waals surface area contributed by atoms with Crippen LogP contribution < -0.4 is 5.32 Å². The first-order valence-electron chi connectivity index (χ1n) is 8.42. The monoisotopic (exact) mass is 359 g/mol. The number of nitrogens with one attached hydrogen (secondary N) is 1. The molecule has 2 N–H and O–H groups in total. The highest BCUT2D eigenvalue weighted by Gasteiger charge is 2.23. The first kappa shape index (κ1) is 19.7. The standard InChI is InChI=1S/C19H25N3O4/c1-6-16-15(10-20-22(16)19(2,3)4)17(23)21-14-8-12(11-26-5)7-13(9-14)18(24)25/h7-10H,6,11H2,1-5H3,(H,21,23)(H,24,25). The first-order chi connectivity index (χ1) is 12.2. The molecule has 0 bridgehead atoms. The van der Waals surface area contributed by atoms with Crippen LogP contribution in [0.3, 0.4) is 0 Å². The van der Waals surface area contributed by atoms with E-state index in [1.54, 1.807) is 12.3 Å². The fourth-order valence-corrected chi connectivity index (χ4v) is 2.82. The molecule has 1 heterocycles. The molecular formula is C19H25N3O4. The summed E-state index contributed by atoms with van der Waals surface area (Å²) in [5, 5.41) is 16.4. The van der Waals surface area contributed by atoms with Crippen LogP contribution in [-0.2, 0) is 23.3 Å². The zero-order valence-electron chi connectivity index (χ0n) is 15.8. The van der Waals surface area contributed by atoms with Gasteiger partial charge in [0.2, 0.25) is 0 Å².